The van der Waals surface area contributed by atoms with Crippen LogP contribution in [0.2, 0.25) is 0 Å². The van der Waals surface area contributed by atoms with Crippen molar-refractivity contribution in [1.29, 1.82) is 0 Å². The minimum Gasteiger partial charge on any atom is -0.444 e. The van der Waals surface area contributed by atoms with Crippen molar-refractivity contribution in [3.8, 4) is 11.5 Å². The number of anilines is 3. The van der Waals surface area contributed by atoms with Gasteiger partial charge in [-0.2, -0.15) is 5.10 Å². The standard InChI is InChI=1S/C44H52F2N10O5/c1-53(30-21-55(22-30)17-15-27-4-3-5-31-37(44(60)54(2)39(27)31)32-12-13-36(57)51-41(32)58)20-26-8-10-29(11-9-26)56-23-33(38(52-56)40(45)46)49-42(59)34-24-61-43(50-34)28-14-16-47-35(18-28)48-19-25-6-7-25/h3-5,14,16,18,23-26,29-30,32,37,40H,6-13,15,17,19-22H2,1-2H3,(H,47,48)(H,49,59)(H,51,57,58)/t26-,29-,32?,37?. The number of imide groups is 1. The zero-order valence-corrected chi connectivity index (χ0v) is 34.5. The number of pyridine rings is 1. The van der Waals surface area contributed by atoms with Gasteiger partial charge in [-0.15, -0.1) is 0 Å². The summed E-state index contributed by atoms with van der Waals surface area (Å²) in [6.07, 6.45) is 8.79. The maximum absolute atomic E-state index is 14.2. The van der Waals surface area contributed by atoms with Gasteiger partial charge in [0.25, 0.3) is 12.3 Å². The van der Waals surface area contributed by atoms with Crippen LogP contribution in [0.1, 0.15) is 97.1 Å². The van der Waals surface area contributed by atoms with E-state index in [9.17, 15) is 28.0 Å². The topological polar surface area (TPSA) is 171 Å². The number of nitrogens with one attached hydrogen (secondary N) is 3. The van der Waals surface area contributed by atoms with Crippen molar-refractivity contribution in [2.75, 3.05) is 62.4 Å². The number of amides is 4. The molecule has 2 saturated carbocycles. The molecular formula is C44H52F2N10O5. The second-order valence-corrected chi connectivity index (χ2v) is 17.5. The monoisotopic (exact) mass is 838 g/mol. The Morgan fingerprint density at radius 1 is 1.05 bits per heavy atom. The molecule has 2 unspecified atom stereocenters. The molecule has 17 heteroatoms. The van der Waals surface area contributed by atoms with Gasteiger partial charge in [0, 0.05) is 70.2 Å². The van der Waals surface area contributed by atoms with Crippen LogP contribution < -0.4 is 20.9 Å². The zero-order chi connectivity index (χ0) is 42.4. The summed E-state index contributed by atoms with van der Waals surface area (Å²) in [7, 11) is 3.94. The highest BCUT2D eigenvalue weighted by Gasteiger charge is 2.46. The Balaban J connectivity index is 0.738. The SMILES string of the molecule is CN1C(=O)C(C2CCC(=O)NC2=O)c2cccc(CCN3CC(N(C)C[C@H]4CC[C@H](n5cc(NC(=O)c6coc(-c7ccnc(NCC8CC8)c7)n6)c(C(F)F)n5)CC4)C3)c21. The number of carbonyl (C=O) groups excluding carboxylic acids is 4. The number of para-hydroxylation sites is 1. The van der Waals surface area contributed by atoms with Crippen LogP contribution in [0.15, 0.2) is 53.4 Å². The van der Waals surface area contributed by atoms with E-state index in [1.807, 2.05) is 12.1 Å². The number of fused-ring (bicyclic) bond motifs is 1. The molecule has 0 radical (unpaired) electrons. The van der Waals surface area contributed by atoms with E-state index in [1.54, 1.807) is 35.0 Å². The highest BCUT2D eigenvalue weighted by molar-refractivity contribution is 6.10. The third-order valence-corrected chi connectivity index (χ3v) is 13.3. The molecule has 6 heterocycles. The normalized spacial score (nSPS) is 23.4. The lowest BCUT2D eigenvalue weighted by molar-refractivity contribution is -0.139. The number of piperidine rings is 1. The summed E-state index contributed by atoms with van der Waals surface area (Å²) in [5, 5.41) is 12.6. The maximum Gasteiger partial charge on any atom is 0.284 e. The van der Waals surface area contributed by atoms with Crippen LogP contribution in [0.3, 0.4) is 0 Å². The van der Waals surface area contributed by atoms with E-state index < -0.39 is 29.9 Å². The largest absolute Gasteiger partial charge is 0.444 e. The van der Waals surface area contributed by atoms with Gasteiger partial charge in [0.15, 0.2) is 11.4 Å². The molecule has 3 aliphatic heterocycles. The molecule has 4 amide bonds. The van der Waals surface area contributed by atoms with Crippen molar-refractivity contribution >= 4 is 40.8 Å². The van der Waals surface area contributed by atoms with Crippen LogP contribution in [0.5, 0.6) is 0 Å². The molecule has 4 fully saturated rings. The average molecular weight is 839 g/mol. The summed E-state index contributed by atoms with van der Waals surface area (Å²) in [5.41, 5.74) is 2.95. The molecule has 2 atom stereocenters. The molecule has 1 aromatic carbocycles. The third kappa shape index (κ3) is 8.67. The van der Waals surface area contributed by atoms with E-state index >= 15 is 0 Å². The second kappa shape index (κ2) is 17.1. The lowest BCUT2D eigenvalue weighted by Gasteiger charge is -2.45. The Morgan fingerprint density at radius 2 is 1.84 bits per heavy atom. The first-order valence-corrected chi connectivity index (χ1v) is 21.5. The number of nitrogens with zero attached hydrogens (tertiary/aromatic N) is 7. The summed E-state index contributed by atoms with van der Waals surface area (Å²) >= 11 is 0. The van der Waals surface area contributed by atoms with Gasteiger partial charge in [-0.1, -0.05) is 18.2 Å². The lowest BCUT2D eigenvalue weighted by atomic mass is 9.81. The maximum atomic E-state index is 14.2. The summed E-state index contributed by atoms with van der Waals surface area (Å²) in [6, 6.07) is 9.88. The van der Waals surface area contributed by atoms with E-state index in [4.69, 9.17) is 4.42 Å². The number of halogens is 2. The number of likely N-dealkylation sites (N-methyl/N-ethyl adjacent to an activating group) is 2. The highest BCUT2D eigenvalue weighted by Crippen LogP contribution is 2.45. The van der Waals surface area contributed by atoms with E-state index in [1.165, 1.54) is 25.3 Å². The molecule has 2 saturated heterocycles. The molecule has 0 bridgehead atoms. The molecule has 3 aromatic heterocycles. The van der Waals surface area contributed by atoms with Gasteiger partial charge in [0.1, 0.15) is 12.1 Å². The van der Waals surface area contributed by atoms with Crippen molar-refractivity contribution in [2.45, 2.75) is 82.2 Å². The predicted molar refractivity (Wildman–Crippen MR) is 222 cm³/mol. The first kappa shape index (κ1) is 40.8. The molecule has 322 valence electrons. The van der Waals surface area contributed by atoms with Gasteiger partial charge in [-0.05, 0) is 93.5 Å². The van der Waals surface area contributed by atoms with Crippen molar-refractivity contribution < 1.29 is 32.4 Å². The van der Waals surface area contributed by atoms with Gasteiger partial charge in [0.2, 0.25) is 23.6 Å². The molecule has 2 aliphatic carbocycles. The smallest absolute Gasteiger partial charge is 0.284 e. The van der Waals surface area contributed by atoms with Gasteiger partial charge in [-0.25, -0.2) is 18.7 Å². The number of oxazole rings is 1. The van der Waals surface area contributed by atoms with Crippen molar-refractivity contribution in [3.05, 3.63) is 71.5 Å². The quantitative estimate of drug-likeness (QED) is 0.127. The number of aromatic nitrogens is 4. The van der Waals surface area contributed by atoms with Crippen LogP contribution in [-0.2, 0) is 20.8 Å². The summed E-state index contributed by atoms with van der Waals surface area (Å²) in [5.74, 6) is -0.467. The lowest BCUT2D eigenvalue weighted by Crippen LogP contribution is -2.59. The van der Waals surface area contributed by atoms with Crippen LogP contribution in [0, 0.1) is 17.8 Å². The summed E-state index contributed by atoms with van der Waals surface area (Å²) < 4.78 is 35.6. The second-order valence-electron chi connectivity index (χ2n) is 17.5. The van der Waals surface area contributed by atoms with Crippen molar-refractivity contribution in [2.24, 2.45) is 17.8 Å². The van der Waals surface area contributed by atoms with Crippen LogP contribution in [0.4, 0.5) is 26.0 Å². The minimum atomic E-state index is -2.87. The van der Waals surface area contributed by atoms with E-state index in [2.05, 4.69) is 53.9 Å². The molecule has 61 heavy (non-hydrogen) atoms. The van der Waals surface area contributed by atoms with Gasteiger partial charge in [-0.3, -0.25) is 34.1 Å². The van der Waals surface area contributed by atoms with E-state index in [-0.39, 0.29) is 47.5 Å². The fraction of sp³-hybridized carbons (Fsp3) is 0.523. The molecule has 3 N–H and O–H groups in total. The molecular weight excluding hydrogens is 787 g/mol. The Hall–Kier alpha value is -5.55. The van der Waals surface area contributed by atoms with Crippen LogP contribution in [0.25, 0.3) is 11.5 Å². The minimum absolute atomic E-state index is 0.0296. The molecule has 4 aromatic rings. The van der Waals surface area contributed by atoms with Crippen molar-refractivity contribution in [3.63, 3.8) is 0 Å². The zero-order valence-electron chi connectivity index (χ0n) is 34.5. The number of hydrogen-bond donors (Lipinski definition) is 3. The number of carbonyl (C=O) groups is 4. The number of benzene rings is 1. The summed E-state index contributed by atoms with van der Waals surface area (Å²) in [6.45, 7) is 4.55. The predicted octanol–water partition coefficient (Wildman–Crippen LogP) is 5.65. The number of hydrogen-bond acceptors (Lipinski definition) is 11. The Kier molecular flexibility index (Phi) is 11.4. The molecule has 0 spiro atoms. The average Bonchev–Trinajstić information content (AvgIpc) is 3.63. The van der Waals surface area contributed by atoms with Crippen LogP contribution in [-0.4, -0.2) is 106 Å². The van der Waals surface area contributed by atoms with Gasteiger partial charge in [0.05, 0.1) is 29.3 Å². The Morgan fingerprint density at radius 3 is 2.59 bits per heavy atom. The fourth-order valence-electron chi connectivity index (χ4n) is 9.55. The fourth-order valence-corrected chi connectivity index (χ4v) is 9.55. The number of alkyl halides is 2. The van der Waals surface area contributed by atoms with Gasteiger partial charge >= 0.3 is 0 Å². The van der Waals surface area contributed by atoms with Gasteiger partial charge < -0.3 is 24.9 Å². The molecule has 9 rings (SSSR count). The number of likely N-dealkylation sites (tertiary alicyclic amines) is 1. The Labute approximate surface area is 352 Å². The van der Waals surface area contributed by atoms with E-state index in [0.717, 1.165) is 81.6 Å². The Bertz CT molecular complexity index is 2300. The highest BCUT2D eigenvalue weighted by atomic mass is 19.3. The van der Waals surface area contributed by atoms with E-state index in [0.29, 0.717) is 35.7 Å². The molecule has 15 nitrogen and oxygen atoms in total. The first-order valence-electron chi connectivity index (χ1n) is 21.5. The third-order valence-electron chi connectivity index (χ3n) is 13.3. The summed E-state index contributed by atoms with van der Waals surface area (Å²) in [4.78, 5) is 66.2. The first-order chi connectivity index (χ1) is 29.5. The molecule has 5 aliphatic rings. The number of rotatable bonds is 15. The van der Waals surface area contributed by atoms with Crippen molar-refractivity contribution in [1.82, 2.24) is 34.9 Å². The van der Waals surface area contributed by atoms with Crippen LogP contribution >= 0.6 is 0 Å².